The number of nitrogens with one attached hydrogen (secondary N) is 1. The maximum Gasteiger partial charge on any atom is 0.407 e. The molecular formula is C15H19N3O2. The lowest BCUT2D eigenvalue weighted by atomic mass is 10.2. The van der Waals surface area contributed by atoms with Crippen LogP contribution in [0.3, 0.4) is 0 Å². The summed E-state index contributed by atoms with van der Waals surface area (Å²) in [6, 6.07) is 6.12. The van der Waals surface area contributed by atoms with Crippen molar-refractivity contribution in [3.8, 4) is 0 Å². The minimum atomic E-state index is -0.382. The molecule has 1 amide bonds. The van der Waals surface area contributed by atoms with E-state index in [2.05, 4.69) is 23.0 Å². The SMILES string of the molecule is CCOC(=O)NCc1ccc2c(c1)nc(C1CC1)n2C. The van der Waals surface area contributed by atoms with Gasteiger partial charge in [0, 0.05) is 19.5 Å². The second-order valence-electron chi connectivity index (χ2n) is 5.20. The van der Waals surface area contributed by atoms with Crippen molar-refractivity contribution in [3.63, 3.8) is 0 Å². The van der Waals surface area contributed by atoms with Crippen LogP contribution in [0.2, 0.25) is 0 Å². The van der Waals surface area contributed by atoms with E-state index in [9.17, 15) is 4.79 Å². The van der Waals surface area contributed by atoms with Crippen LogP contribution in [0.15, 0.2) is 18.2 Å². The van der Waals surface area contributed by atoms with Crippen LogP contribution in [-0.2, 0) is 18.3 Å². The minimum Gasteiger partial charge on any atom is -0.450 e. The average molecular weight is 273 g/mol. The summed E-state index contributed by atoms with van der Waals surface area (Å²) in [4.78, 5) is 16.0. The molecule has 1 aliphatic carbocycles. The highest BCUT2D eigenvalue weighted by atomic mass is 16.5. The predicted molar refractivity (Wildman–Crippen MR) is 76.6 cm³/mol. The van der Waals surface area contributed by atoms with Crippen molar-refractivity contribution < 1.29 is 9.53 Å². The van der Waals surface area contributed by atoms with Gasteiger partial charge < -0.3 is 14.6 Å². The third-order valence-electron chi connectivity index (χ3n) is 3.63. The van der Waals surface area contributed by atoms with Gasteiger partial charge in [-0.25, -0.2) is 9.78 Å². The summed E-state index contributed by atoms with van der Waals surface area (Å²) in [7, 11) is 2.07. The predicted octanol–water partition coefficient (Wildman–Crippen LogP) is 2.70. The number of hydrogen-bond acceptors (Lipinski definition) is 3. The topological polar surface area (TPSA) is 56.1 Å². The number of imidazole rings is 1. The number of rotatable bonds is 4. The Morgan fingerprint density at radius 1 is 1.50 bits per heavy atom. The number of carbonyl (C=O) groups is 1. The van der Waals surface area contributed by atoms with Gasteiger partial charge in [0.05, 0.1) is 17.6 Å². The Balaban J connectivity index is 1.78. The lowest BCUT2D eigenvalue weighted by Gasteiger charge is -2.05. The summed E-state index contributed by atoms with van der Waals surface area (Å²) in [6.07, 6.45) is 2.11. The molecule has 5 nitrogen and oxygen atoms in total. The van der Waals surface area contributed by atoms with E-state index in [1.54, 1.807) is 6.92 Å². The van der Waals surface area contributed by atoms with Crippen LogP contribution in [0, 0.1) is 0 Å². The Morgan fingerprint density at radius 3 is 3.00 bits per heavy atom. The normalized spacial score (nSPS) is 14.5. The van der Waals surface area contributed by atoms with Crippen LogP contribution < -0.4 is 5.32 Å². The van der Waals surface area contributed by atoms with E-state index >= 15 is 0 Å². The fourth-order valence-electron chi connectivity index (χ4n) is 2.44. The molecule has 0 saturated heterocycles. The zero-order valence-corrected chi connectivity index (χ0v) is 11.8. The number of benzene rings is 1. The zero-order chi connectivity index (χ0) is 14.1. The highest BCUT2D eigenvalue weighted by Gasteiger charge is 2.28. The molecule has 1 fully saturated rings. The van der Waals surface area contributed by atoms with Gasteiger partial charge in [-0.2, -0.15) is 0 Å². The number of carbonyl (C=O) groups excluding carboxylic acids is 1. The first-order valence-electron chi connectivity index (χ1n) is 7.05. The second kappa shape index (κ2) is 5.15. The van der Waals surface area contributed by atoms with Gasteiger partial charge in [0.2, 0.25) is 0 Å². The summed E-state index contributed by atoms with van der Waals surface area (Å²) in [5, 5.41) is 2.73. The quantitative estimate of drug-likeness (QED) is 0.931. The number of fused-ring (bicyclic) bond motifs is 1. The minimum absolute atomic E-state index is 0.382. The van der Waals surface area contributed by atoms with E-state index in [0.717, 1.165) is 16.6 Å². The van der Waals surface area contributed by atoms with Gasteiger partial charge in [-0.15, -0.1) is 0 Å². The largest absolute Gasteiger partial charge is 0.450 e. The first-order chi connectivity index (χ1) is 9.69. The van der Waals surface area contributed by atoms with Crippen LogP contribution in [0.5, 0.6) is 0 Å². The maximum absolute atomic E-state index is 11.3. The molecule has 0 atom stereocenters. The van der Waals surface area contributed by atoms with Crippen molar-refractivity contribution in [2.75, 3.05) is 6.61 Å². The number of ether oxygens (including phenoxy) is 1. The second-order valence-corrected chi connectivity index (χ2v) is 5.20. The fourth-order valence-corrected chi connectivity index (χ4v) is 2.44. The van der Waals surface area contributed by atoms with E-state index in [-0.39, 0.29) is 6.09 Å². The zero-order valence-electron chi connectivity index (χ0n) is 11.8. The molecule has 1 aliphatic rings. The summed E-state index contributed by atoms with van der Waals surface area (Å²) in [6.45, 7) is 2.64. The van der Waals surface area contributed by atoms with Crippen molar-refractivity contribution in [3.05, 3.63) is 29.6 Å². The average Bonchev–Trinajstić information content (AvgIpc) is 3.22. The van der Waals surface area contributed by atoms with Crippen LogP contribution >= 0.6 is 0 Å². The van der Waals surface area contributed by atoms with Gasteiger partial charge >= 0.3 is 6.09 Å². The lowest BCUT2D eigenvalue weighted by molar-refractivity contribution is 0.151. The molecule has 3 rings (SSSR count). The van der Waals surface area contributed by atoms with Crippen LogP contribution in [0.1, 0.15) is 37.1 Å². The van der Waals surface area contributed by atoms with Gasteiger partial charge in [0.25, 0.3) is 0 Å². The molecule has 0 aliphatic heterocycles. The number of aromatic nitrogens is 2. The third kappa shape index (κ3) is 2.48. The van der Waals surface area contributed by atoms with Gasteiger partial charge in [-0.1, -0.05) is 6.07 Å². The maximum atomic E-state index is 11.3. The first-order valence-corrected chi connectivity index (χ1v) is 7.05. The van der Waals surface area contributed by atoms with Crippen LogP contribution in [0.25, 0.3) is 11.0 Å². The Hall–Kier alpha value is -2.04. The molecule has 1 saturated carbocycles. The smallest absolute Gasteiger partial charge is 0.407 e. The van der Waals surface area contributed by atoms with E-state index in [4.69, 9.17) is 9.72 Å². The highest BCUT2D eigenvalue weighted by molar-refractivity contribution is 5.77. The molecule has 1 heterocycles. The molecule has 2 aromatic rings. The van der Waals surface area contributed by atoms with Gasteiger partial charge in [-0.05, 0) is 37.5 Å². The number of aryl methyl sites for hydroxylation is 1. The Labute approximate surface area is 117 Å². The summed E-state index contributed by atoms with van der Waals surface area (Å²) >= 11 is 0. The Morgan fingerprint density at radius 2 is 2.30 bits per heavy atom. The first kappa shape index (κ1) is 13.0. The molecule has 1 aromatic carbocycles. The van der Waals surface area contributed by atoms with Gasteiger partial charge in [0.1, 0.15) is 5.82 Å². The molecule has 1 aromatic heterocycles. The van der Waals surface area contributed by atoms with E-state index in [0.29, 0.717) is 19.1 Å². The van der Waals surface area contributed by atoms with Crippen molar-refractivity contribution in [2.45, 2.75) is 32.2 Å². The van der Waals surface area contributed by atoms with E-state index in [1.165, 1.54) is 18.7 Å². The van der Waals surface area contributed by atoms with Crippen LogP contribution in [0.4, 0.5) is 4.79 Å². The summed E-state index contributed by atoms with van der Waals surface area (Å²) < 4.78 is 7.02. The molecule has 0 unspecified atom stereocenters. The lowest BCUT2D eigenvalue weighted by Crippen LogP contribution is -2.23. The Bertz CT molecular complexity index is 644. The molecule has 5 heteroatoms. The standard InChI is InChI=1S/C15H19N3O2/c1-3-20-15(19)16-9-10-4-7-13-12(8-10)17-14(18(13)2)11-5-6-11/h4,7-8,11H,3,5-6,9H2,1-2H3,(H,16,19). The summed E-state index contributed by atoms with van der Waals surface area (Å²) in [5.74, 6) is 1.81. The monoisotopic (exact) mass is 273 g/mol. The molecule has 0 radical (unpaired) electrons. The van der Waals surface area contributed by atoms with Crippen LogP contribution in [-0.4, -0.2) is 22.3 Å². The molecule has 0 bridgehead atoms. The molecule has 106 valence electrons. The summed E-state index contributed by atoms with van der Waals surface area (Å²) in [5.41, 5.74) is 3.18. The van der Waals surface area contributed by atoms with Gasteiger partial charge in [0.15, 0.2) is 0 Å². The number of nitrogens with zero attached hydrogens (tertiary/aromatic N) is 2. The van der Waals surface area contributed by atoms with E-state index in [1.807, 2.05) is 12.1 Å². The number of alkyl carbamates (subject to hydrolysis) is 1. The van der Waals surface area contributed by atoms with Gasteiger partial charge in [-0.3, -0.25) is 0 Å². The van der Waals surface area contributed by atoms with Crippen molar-refractivity contribution in [1.82, 2.24) is 14.9 Å². The molecule has 1 N–H and O–H groups in total. The molecular weight excluding hydrogens is 254 g/mol. The van der Waals surface area contributed by atoms with Crippen molar-refractivity contribution in [2.24, 2.45) is 7.05 Å². The van der Waals surface area contributed by atoms with E-state index < -0.39 is 0 Å². The molecule has 0 spiro atoms. The molecule has 20 heavy (non-hydrogen) atoms. The highest BCUT2D eigenvalue weighted by Crippen LogP contribution is 2.40. The van der Waals surface area contributed by atoms with Crippen molar-refractivity contribution >= 4 is 17.1 Å². The third-order valence-corrected chi connectivity index (χ3v) is 3.63. The number of hydrogen-bond donors (Lipinski definition) is 1. The fraction of sp³-hybridized carbons (Fsp3) is 0.467. The Kier molecular flexibility index (Phi) is 3.34. The van der Waals surface area contributed by atoms with Crippen molar-refractivity contribution in [1.29, 1.82) is 0 Å². The number of amides is 1.